The predicted octanol–water partition coefficient (Wildman–Crippen LogP) is 3.91. The zero-order valence-electron chi connectivity index (χ0n) is 14.0. The molecule has 0 bridgehead atoms. The topological polar surface area (TPSA) is 67.4 Å². The second kappa shape index (κ2) is 9.08. The fourth-order valence-corrected chi connectivity index (χ4v) is 2.90. The molecule has 0 fully saturated rings. The van der Waals surface area contributed by atoms with Gasteiger partial charge in [-0.2, -0.15) is 0 Å². The quantitative estimate of drug-likeness (QED) is 0.733. The Kier molecular flexibility index (Phi) is 6.82. The number of carbonyl (C=O) groups excluding carboxylic acids is 2. The first kappa shape index (κ1) is 18.8. The Hall–Kier alpha value is -2.54. The highest BCUT2D eigenvalue weighted by molar-refractivity contribution is 7.99. The van der Waals surface area contributed by atoms with Crippen molar-refractivity contribution in [2.24, 2.45) is 0 Å². The normalized spacial score (nSPS) is 10.2. The molecule has 0 spiro atoms. The molecule has 0 saturated carbocycles. The molecule has 0 saturated heterocycles. The number of benzene rings is 2. The van der Waals surface area contributed by atoms with E-state index in [0.717, 1.165) is 10.6 Å². The third-order valence-corrected chi connectivity index (χ3v) is 4.23. The van der Waals surface area contributed by atoms with Gasteiger partial charge in [0.05, 0.1) is 12.8 Å². The molecule has 25 heavy (non-hydrogen) atoms. The largest absolute Gasteiger partial charge is 0.497 e. The maximum atomic E-state index is 13.8. The molecule has 132 valence electrons. The average molecular weight is 362 g/mol. The maximum absolute atomic E-state index is 13.8. The van der Waals surface area contributed by atoms with Crippen LogP contribution < -0.4 is 15.4 Å². The van der Waals surface area contributed by atoms with E-state index < -0.39 is 5.82 Å². The summed E-state index contributed by atoms with van der Waals surface area (Å²) < 4.78 is 18.9. The maximum Gasteiger partial charge on any atom is 0.225 e. The second-order valence-electron chi connectivity index (χ2n) is 5.20. The van der Waals surface area contributed by atoms with Crippen LogP contribution in [0.1, 0.15) is 13.3 Å². The Morgan fingerprint density at radius 2 is 1.84 bits per heavy atom. The van der Waals surface area contributed by atoms with E-state index in [-0.39, 0.29) is 23.9 Å². The number of thioether (sulfide) groups is 1. The van der Waals surface area contributed by atoms with Crippen LogP contribution in [0.25, 0.3) is 0 Å². The van der Waals surface area contributed by atoms with E-state index in [9.17, 15) is 14.0 Å². The molecule has 0 aromatic heterocycles. The minimum Gasteiger partial charge on any atom is -0.497 e. The molecule has 0 unspecified atom stereocenters. The summed E-state index contributed by atoms with van der Waals surface area (Å²) in [7, 11) is 1.60. The number of hydrogen-bond donors (Lipinski definition) is 2. The van der Waals surface area contributed by atoms with Gasteiger partial charge in [-0.1, -0.05) is 0 Å². The lowest BCUT2D eigenvalue weighted by atomic mass is 10.2. The van der Waals surface area contributed by atoms with Gasteiger partial charge in [-0.05, 0) is 42.5 Å². The van der Waals surface area contributed by atoms with E-state index in [0.29, 0.717) is 11.4 Å². The minimum atomic E-state index is -0.551. The third kappa shape index (κ3) is 6.11. The summed E-state index contributed by atoms with van der Waals surface area (Å²) in [5.41, 5.74) is 0.475. The molecule has 0 aliphatic rings. The Morgan fingerprint density at radius 3 is 2.48 bits per heavy atom. The monoisotopic (exact) mass is 362 g/mol. The third-order valence-electron chi connectivity index (χ3n) is 3.22. The van der Waals surface area contributed by atoms with E-state index in [1.54, 1.807) is 7.11 Å². The Balaban J connectivity index is 1.86. The average Bonchev–Trinajstić information content (AvgIpc) is 2.58. The molecular formula is C18H19FN2O3S. The number of ether oxygens (including phenoxy) is 1. The van der Waals surface area contributed by atoms with E-state index in [1.807, 2.05) is 24.3 Å². The molecule has 5 nitrogen and oxygen atoms in total. The Morgan fingerprint density at radius 1 is 1.12 bits per heavy atom. The van der Waals surface area contributed by atoms with Crippen LogP contribution in [0.2, 0.25) is 0 Å². The van der Waals surface area contributed by atoms with E-state index in [4.69, 9.17) is 4.74 Å². The molecule has 2 aromatic rings. The van der Waals surface area contributed by atoms with Gasteiger partial charge in [0, 0.05) is 29.7 Å². The molecule has 0 heterocycles. The highest BCUT2D eigenvalue weighted by atomic mass is 32.2. The van der Waals surface area contributed by atoms with Gasteiger partial charge in [-0.25, -0.2) is 4.39 Å². The van der Waals surface area contributed by atoms with Crippen molar-refractivity contribution in [2.75, 3.05) is 23.5 Å². The summed E-state index contributed by atoms with van der Waals surface area (Å²) in [6.45, 7) is 1.36. The van der Waals surface area contributed by atoms with Crippen LogP contribution in [-0.2, 0) is 9.59 Å². The molecule has 0 radical (unpaired) electrons. The van der Waals surface area contributed by atoms with Crippen LogP contribution in [0.4, 0.5) is 15.8 Å². The van der Waals surface area contributed by atoms with Crippen LogP contribution in [0, 0.1) is 5.82 Å². The van der Waals surface area contributed by atoms with Gasteiger partial charge in [0.25, 0.3) is 0 Å². The van der Waals surface area contributed by atoms with Crippen LogP contribution in [-0.4, -0.2) is 24.7 Å². The molecule has 0 atom stereocenters. The lowest BCUT2D eigenvalue weighted by molar-refractivity contribution is -0.116. The van der Waals surface area contributed by atoms with Crippen molar-refractivity contribution >= 4 is 35.0 Å². The van der Waals surface area contributed by atoms with Crippen LogP contribution in [0.5, 0.6) is 5.75 Å². The number of carbonyl (C=O) groups is 2. The molecule has 0 aliphatic heterocycles. The van der Waals surface area contributed by atoms with Crippen molar-refractivity contribution in [3.05, 3.63) is 48.3 Å². The summed E-state index contributed by atoms with van der Waals surface area (Å²) in [4.78, 5) is 24.1. The standard InChI is InChI=1S/C18H19FN2O3S/c1-12(22)20-13-3-8-16(19)17(11-13)21-18(23)9-10-25-15-6-4-14(24-2)5-7-15/h3-8,11H,9-10H2,1-2H3,(H,20,22)(H,21,23). The number of hydrogen-bond acceptors (Lipinski definition) is 4. The lowest BCUT2D eigenvalue weighted by Gasteiger charge is -2.09. The van der Waals surface area contributed by atoms with Gasteiger partial charge >= 0.3 is 0 Å². The number of methoxy groups -OCH3 is 1. The fourth-order valence-electron chi connectivity index (χ4n) is 2.05. The fraction of sp³-hybridized carbons (Fsp3) is 0.222. The first-order chi connectivity index (χ1) is 12.0. The molecule has 2 aromatic carbocycles. The highest BCUT2D eigenvalue weighted by Gasteiger charge is 2.09. The number of amides is 2. The van der Waals surface area contributed by atoms with Crippen molar-refractivity contribution in [2.45, 2.75) is 18.2 Å². The number of rotatable bonds is 7. The number of nitrogens with one attached hydrogen (secondary N) is 2. The summed E-state index contributed by atoms with van der Waals surface area (Å²) in [6.07, 6.45) is 0.237. The van der Waals surface area contributed by atoms with Crippen LogP contribution in [0.15, 0.2) is 47.4 Å². The van der Waals surface area contributed by atoms with Crippen molar-refractivity contribution in [3.63, 3.8) is 0 Å². The Labute approximate surface area is 150 Å². The first-order valence-corrected chi connectivity index (χ1v) is 8.60. The number of halogens is 1. The molecule has 2 rings (SSSR count). The van der Waals surface area contributed by atoms with Gasteiger partial charge < -0.3 is 15.4 Å². The molecule has 7 heteroatoms. The van der Waals surface area contributed by atoms with Gasteiger partial charge in [0.15, 0.2) is 0 Å². The molecular weight excluding hydrogens is 343 g/mol. The van der Waals surface area contributed by atoms with Gasteiger partial charge in [0.2, 0.25) is 11.8 Å². The lowest BCUT2D eigenvalue weighted by Crippen LogP contribution is -2.14. The van der Waals surface area contributed by atoms with E-state index in [1.165, 1.54) is 36.9 Å². The van der Waals surface area contributed by atoms with Gasteiger partial charge in [-0.15, -0.1) is 11.8 Å². The first-order valence-electron chi connectivity index (χ1n) is 7.62. The minimum absolute atomic E-state index is 0.0469. The molecule has 2 N–H and O–H groups in total. The van der Waals surface area contributed by atoms with E-state index >= 15 is 0 Å². The molecule has 2 amide bonds. The van der Waals surface area contributed by atoms with Crippen LogP contribution in [0.3, 0.4) is 0 Å². The zero-order chi connectivity index (χ0) is 18.2. The van der Waals surface area contributed by atoms with Crippen molar-refractivity contribution in [1.29, 1.82) is 0 Å². The van der Waals surface area contributed by atoms with E-state index in [2.05, 4.69) is 10.6 Å². The summed E-state index contributed by atoms with van der Waals surface area (Å²) in [5, 5.41) is 5.08. The van der Waals surface area contributed by atoms with Crippen LogP contribution >= 0.6 is 11.8 Å². The van der Waals surface area contributed by atoms with Gasteiger partial charge in [0.1, 0.15) is 11.6 Å². The van der Waals surface area contributed by atoms with Crippen molar-refractivity contribution in [1.82, 2.24) is 0 Å². The Bertz CT molecular complexity index is 750. The zero-order valence-corrected chi connectivity index (χ0v) is 14.8. The second-order valence-corrected chi connectivity index (χ2v) is 6.37. The summed E-state index contributed by atoms with van der Waals surface area (Å²) in [5.74, 6) is 0.229. The highest BCUT2D eigenvalue weighted by Crippen LogP contribution is 2.23. The SMILES string of the molecule is COc1ccc(SCCC(=O)Nc2cc(NC(C)=O)ccc2F)cc1. The van der Waals surface area contributed by atoms with Gasteiger partial charge in [-0.3, -0.25) is 9.59 Å². The van der Waals surface area contributed by atoms with Crippen molar-refractivity contribution in [3.8, 4) is 5.75 Å². The molecule has 0 aliphatic carbocycles. The summed E-state index contributed by atoms with van der Waals surface area (Å²) >= 11 is 1.53. The van der Waals surface area contributed by atoms with Crippen molar-refractivity contribution < 1.29 is 18.7 Å². The number of anilines is 2. The smallest absolute Gasteiger partial charge is 0.225 e. The summed E-state index contributed by atoms with van der Waals surface area (Å²) in [6, 6.07) is 11.6. The predicted molar refractivity (Wildman–Crippen MR) is 97.7 cm³/mol.